The van der Waals surface area contributed by atoms with Crippen molar-refractivity contribution >= 4 is 29.7 Å². The van der Waals surface area contributed by atoms with Gasteiger partial charge in [-0.2, -0.15) is 0 Å². The summed E-state index contributed by atoms with van der Waals surface area (Å²) in [5.74, 6) is -3.34. The van der Waals surface area contributed by atoms with Gasteiger partial charge in [0, 0.05) is 6.54 Å². The molecule has 184 valence electrons. The Hall–Kier alpha value is -2.89. The molecule has 0 aliphatic heterocycles. The second-order valence-electron chi connectivity index (χ2n) is 7.91. The maximum atomic E-state index is 12.7. The zero-order valence-electron chi connectivity index (χ0n) is 19.4. The van der Waals surface area contributed by atoms with Crippen molar-refractivity contribution in [2.24, 2.45) is 34.0 Å². The monoisotopic (exact) mass is 457 g/mol. The molecule has 0 spiro atoms. The number of amides is 3. The van der Waals surface area contributed by atoms with E-state index in [1.54, 1.807) is 6.92 Å². The third-order valence-corrected chi connectivity index (χ3v) is 5.36. The molecule has 5 unspecified atom stereocenters. The molecular formula is C20H39N7O5. The minimum absolute atomic E-state index is 0.0550. The van der Waals surface area contributed by atoms with Gasteiger partial charge in [0.2, 0.25) is 17.7 Å². The molecule has 5 atom stereocenters. The average molecular weight is 458 g/mol. The minimum atomic E-state index is -1.16. The van der Waals surface area contributed by atoms with Crippen LogP contribution in [-0.2, 0) is 19.2 Å². The van der Waals surface area contributed by atoms with Crippen molar-refractivity contribution in [2.75, 3.05) is 13.1 Å². The molecular weight excluding hydrogens is 418 g/mol. The quantitative estimate of drug-likeness (QED) is 0.0882. The molecule has 32 heavy (non-hydrogen) atoms. The smallest absolute Gasteiger partial charge is 0.326 e. The van der Waals surface area contributed by atoms with Crippen LogP contribution >= 0.6 is 0 Å². The number of carbonyl (C=O) groups excluding carboxylic acids is 3. The van der Waals surface area contributed by atoms with Crippen molar-refractivity contribution < 1.29 is 24.3 Å². The number of aliphatic carboxylic acids is 1. The molecule has 0 saturated heterocycles. The first-order chi connectivity index (χ1) is 14.9. The second-order valence-corrected chi connectivity index (χ2v) is 7.91. The summed E-state index contributed by atoms with van der Waals surface area (Å²) in [6, 6.07) is -2.88. The number of nitrogens with zero attached hydrogens (tertiary/aromatic N) is 1. The Bertz CT molecular complexity index is 667. The minimum Gasteiger partial charge on any atom is -0.480 e. The Morgan fingerprint density at radius 3 is 2.06 bits per heavy atom. The lowest BCUT2D eigenvalue weighted by Gasteiger charge is -2.24. The van der Waals surface area contributed by atoms with Crippen LogP contribution in [0.15, 0.2) is 4.99 Å². The van der Waals surface area contributed by atoms with E-state index in [0.29, 0.717) is 19.3 Å². The largest absolute Gasteiger partial charge is 0.480 e. The van der Waals surface area contributed by atoms with Gasteiger partial charge < -0.3 is 38.3 Å². The van der Waals surface area contributed by atoms with Gasteiger partial charge >= 0.3 is 5.97 Å². The fourth-order valence-electron chi connectivity index (χ4n) is 2.75. The van der Waals surface area contributed by atoms with Gasteiger partial charge in [-0.05, 0) is 24.7 Å². The highest BCUT2D eigenvalue weighted by Crippen LogP contribution is 2.09. The first-order valence-electron chi connectivity index (χ1n) is 10.9. The van der Waals surface area contributed by atoms with E-state index in [1.807, 2.05) is 20.8 Å². The predicted molar refractivity (Wildman–Crippen MR) is 121 cm³/mol. The SMILES string of the molecule is CCC(C)C(N)C(=O)NCC(=O)NC(CCCN=C(N)N)C(=O)NC(C(=O)O)C(C)CC. The number of carbonyl (C=O) groups is 4. The number of carboxylic acids is 1. The molecule has 0 fully saturated rings. The lowest BCUT2D eigenvalue weighted by molar-refractivity contribution is -0.143. The Balaban J connectivity index is 5.13. The summed E-state index contributed by atoms with van der Waals surface area (Å²) in [6.45, 7) is 7.12. The lowest BCUT2D eigenvalue weighted by Crippen LogP contribution is -2.55. The number of carboxylic acid groups (broad SMARTS) is 1. The third-order valence-electron chi connectivity index (χ3n) is 5.36. The molecule has 0 aromatic carbocycles. The van der Waals surface area contributed by atoms with Crippen LogP contribution in [0.2, 0.25) is 0 Å². The van der Waals surface area contributed by atoms with E-state index in [1.165, 1.54) is 0 Å². The van der Waals surface area contributed by atoms with Crippen molar-refractivity contribution in [3.63, 3.8) is 0 Å². The van der Waals surface area contributed by atoms with Gasteiger partial charge in [0.05, 0.1) is 12.6 Å². The normalized spacial score (nSPS) is 15.4. The number of nitrogens with two attached hydrogens (primary N) is 3. The van der Waals surface area contributed by atoms with Crippen LogP contribution in [0.3, 0.4) is 0 Å². The zero-order valence-corrected chi connectivity index (χ0v) is 19.4. The van der Waals surface area contributed by atoms with E-state index in [0.717, 1.165) is 0 Å². The maximum absolute atomic E-state index is 12.7. The third kappa shape index (κ3) is 10.9. The van der Waals surface area contributed by atoms with Crippen molar-refractivity contribution in [1.82, 2.24) is 16.0 Å². The van der Waals surface area contributed by atoms with Gasteiger partial charge in [-0.15, -0.1) is 0 Å². The van der Waals surface area contributed by atoms with Gasteiger partial charge in [-0.1, -0.05) is 40.5 Å². The molecule has 12 heteroatoms. The average Bonchev–Trinajstić information content (AvgIpc) is 2.75. The summed E-state index contributed by atoms with van der Waals surface area (Å²) in [7, 11) is 0. The van der Waals surface area contributed by atoms with Gasteiger partial charge in [0.15, 0.2) is 5.96 Å². The van der Waals surface area contributed by atoms with Gasteiger partial charge in [-0.25, -0.2) is 4.79 Å². The molecule has 0 saturated carbocycles. The highest BCUT2D eigenvalue weighted by Gasteiger charge is 2.29. The van der Waals surface area contributed by atoms with Gasteiger partial charge in [0.1, 0.15) is 12.1 Å². The predicted octanol–water partition coefficient (Wildman–Crippen LogP) is -1.37. The van der Waals surface area contributed by atoms with E-state index >= 15 is 0 Å². The van der Waals surface area contributed by atoms with E-state index < -0.39 is 41.8 Å². The summed E-state index contributed by atoms with van der Waals surface area (Å²) >= 11 is 0. The molecule has 0 heterocycles. The van der Waals surface area contributed by atoms with E-state index in [9.17, 15) is 24.3 Å². The summed E-state index contributed by atoms with van der Waals surface area (Å²) < 4.78 is 0. The Kier molecular flexibility index (Phi) is 13.6. The molecule has 3 amide bonds. The molecule has 10 N–H and O–H groups in total. The molecule has 0 aromatic rings. The van der Waals surface area contributed by atoms with Crippen molar-refractivity contribution in [3.05, 3.63) is 0 Å². The molecule has 0 radical (unpaired) electrons. The van der Waals surface area contributed by atoms with Crippen molar-refractivity contribution in [3.8, 4) is 0 Å². The van der Waals surface area contributed by atoms with Crippen LogP contribution in [0, 0.1) is 11.8 Å². The van der Waals surface area contributed by atoms with Crippen LogP contribution in [0.4, 0.5) is 0 Å². The zero-order chi connectivity index (χ0) is 24.8. The van der Waals surface area contributed by atoms with Crippen LogP contribution in [0.1, 0.15) is 53.4 Å². The Morgan fingerprint density at radius 1 is 0.969 bits per heavy atom. The summed E-state index contributed by atoms with van der Waals surface area (Å²) in [5, 5.41) is 16.9. The van der Waals surface area contributed by atoms with E-state index in [4.69, 9.17) is 17.2 Å². The molecule has 0 rings (SSSR count). The van der Waals surface area contributed by atoms with Crippen LogP contribution < -0.4 is 33.2 Å². The number of guanidine groups is 1. The Morgan fingerprint density at radius 2 is 1.56 bits per heavy atom. The summed E-state index contributed by atoms with van der Waals surface area (Å²) in [6.07, 6.45) is 1.78. The molecule has 0 bridgehead atoms. The van der Waals surface area contributed by atoms with Crippen LogP contribution in [-0.4, -0.2) is 66.0 Å². The molecule has 12 nitrogen and oxygen atoms in total. The number of hydrogen-bond acceptors (Lipinski definition) is 6. The fourth-order valence-corrected chi connectivity index (χ4v) is 2.75. The molecule has 0 aliphatic rings. The molecule has 0 aliphatic carbocycles. The number of nitrogens with one attached hydrogen (secondary N) is 3. The first-order valence-corrected chi connectivity index (χ1v) is 10.9. The highest BCUT2D eigenvalue weighted by molar-refractivity contribution is 5.92. The van der Waals surface area contributed by atoms with Crippen LogP contribution in [0.5, 0.6) is 0 Å². The standard InChI is InChI=1S/C20H39N7O5/c1-5-11(3)15(21)18(30)25-10-14(28)26-13(8-7-9-24-20(22)23)17(29)27-16(19(31)32)12(4)6-2/h11-13,15-16H,5-10,21H2,1-4H3,(H,25,30)(H,26,28)(H,27,29)(H,31,32)(H4,22,23,24). The fraction of sp³-hybridized carbons (Fsp3) is 0.750. The number of aliphatic imine (C=N–C) groups is 1. The van der Waals surface area contributed by atoms with Crippen molar-refractivity contribution in [2.45, 2.75) is 71.5 Å². The van der Waals surface area contributed by atoms with Crippen molar-refractivity contribution in [1.29, 1.82) is 0 Å². The van der Waals surface area contributed by atoms with E-state index in [2.05, 4.69) is 20.9 Å². The first kappa shape index (κ1) is 29.1. The summed E-state index contributed by atoms with van der Waals surface area (Å²) in [5.41, 5.74) is 16.4. The van der Waals surface area contributed by atoms with Gasteiger partial charge in [0.25, 0.3) is 0 Å². The van der Waals surface area contributed by atoms with E-state index in [-0.39, 0.29) is 37.3 Å². The highest BCUT2D eigenvalue weighted by atomic mass is 16.4. The number of hydrogen-bond donors (Lipinski definition) is 7. The summed E-state index contributed by atoms with van der Waals surface area (Å²) in [4.78, 5) is 52.5. The topological polar surface area (TPSA) is 215 Å². The molecule has 0 aromatic heterocycles. The van der Waals surface area contributed by atoms with Crippen LogP contribution in [0.25, 0.3) is 0 Å². The second kappa shape index (κ2) is 15.0. The number of rotatable bonds is 15. The lowest BCUT2D eigenvalue weighted by atomic mass is 9.98. The van der Waals surface area contributed by atoms with Gasteiger partial charge in [-0.3, -0.25) is 19.4 Å². The Labute approximate surface area is 189 Å². The maximum Gasteiger partial charge on any atom is 0.326 e.